The molecular weight excluding hydrogens is 346 g/mol. The minimum absolute atomic E-state index is 0.160. The molecule has 0 aliphatic carbocycles. The summed E-state index contributed by atoms with van der Waals surface area (Å²) in [5.41, 5.74) is 0.728. The third-order valence-electron chi connectivity index (χ3n) is 4.78. The SMILES string of the molecule is CCC(=O)c1cnn(C2CCN(CCOCCOCCOC(C)C)CC2)c1. The van der Waals surface area contributed by atoms with Crippen molar-refractivity contribution in [2.75, 3.05) is 52.7 Å². The molecule has 0 aromatic carbocycles. The number of carbonyl (C=O) groups is 1. The Morgan fingerprint density at radius 1 is 1.15 bits per heavy atom. The molecule has 0 saturated carbocycles. The summed E-state index contributed by atoms with van der Waals surface area (Å²) < 4.78 is 18.5. The second-order valence-corrected chi connectivity index (χ2v) is 7.20. The first-order valence-electron chi connectivity index (χ1n) is 10.2. The van der Waals surface area contributed by atoms with Crippen molar-refractivity contribution in [3.63, 3.8) is 0 Å². The second-order valence-electron chi connectivity index (χ2n) is 7.20. The highest BCUT2D eigenvalue weighted by atomic mass is 16.5. The zero-order valence-corrected chi connectivity index (χ0v) is 17.1. The maximum absolute atomic E-state index is 11.7. The third-order valence-corrected chi connectivity index (χ3v) is 4.78. The molecule has 1 aliphatic heterocycles. The van der Waals surface area contributed by atoms with Gasteiger partial charge in [0.15, 0.2) is 5.78 Å². The molecule has 0 bridgehead atoms. The summed E-state index contributed by atoms with van der Waals surface area (Å²) in [6.07, 6.45) is 6.50. The van der Waals surface area contributed by atoms with Crippen LogP contribution in [0.2, 0.25) is 0 Å². The molecule has 1 aliphatic rings. The van der Waals surface area contributed by atoms with Crippen molar-refractivity contribution >= 4 is 5.78 Å². The van der Waals surface area contributed by atoms with Crippen LogP contribution in [0.1, 0.15) is 56.4 Å². The zero-order valence-electron chi connectivity index (χ0n) is 17.1. The molecule has 7 nitrogen and oxygen atoms in total. The monoisotopic (exact) mass is 381 g/mol. The van der Waals surface area contributed by atoms with Gasteiger partial charge in [-0.3, -0.25) is 9.48 Å². The van der Waals surface area contributed by atoms with Gasteiger partial charge >= 0.3 is 0 Å². The van der Waals surface area contributed by atoms with E-state index in [4.69, 9.17) is 14.2 Å². The molecule has 1 aromatic heterocycles. The van der Waals surface area contributed by atoms with Crippen molar-refractivity contribution in [1.29, 1.82) is 0 Å². The molecule has 0 N–H and O–H groups in total. The van der Waals surface area contributed by atoms with Gasteiger partial charge in [-0.2, -0.15) is 5.10 Å². The van der Waals surface area contributed by atoms with E-state index in [2.05, 4.69) is 10.00 Å². The van der Waals surface area contributed by atoms with Crippen molar-refractivity contribution in [3.05, 3.63) is 18.0 Å². The Labute approximate surface area is 162 Å². The van der Waals surface area contributed by atoms with E-state index in [1.165, 1.54) is 0 Å². The molecular formula is C20H35N3O4. The van der Waals surface area contributed by atoms with E-state index in [1.54, 1.807) is 6.20 Å². The van der Waals surface area contributed by atoms with E-state index in [-0.39, 0.29) is 11.9 Å². The summed E-state index contributed by atoms with van der Waals surface area (Å²) in [7, 11) is 0. The van der Waals surface area contributed by atoms with Gasteiger partial charge in [-0.05, 0) is 26.7 Å². The zero-order chi connectivity index (χ0) is 19.5. The Bertz CT molecular complexity index is 539. The van der Waals surface area contributed by atoms with Crippen LogP contribution in [0.25, 0.3) is 0 Å². The second kappa shape index (κ2) is 12.2. The fourth-order valence-electron chi connectivity index (χ4n) is 3.15. The number of hydrogen-bond donors (Lipinski definition) is 0. The first-order valence-corrected chi connectivity index (χ1v) is 10.2. The predicted molar refractivity (Wildman–Crippen MR) is 104 cm³/mol. The number of aromatic nitrogens is 2. The van der Waals surface area contributed by atoms with Crippen LogP contribution in [0, 0.1) is 0 Å². The molecule has 2 heterocycles. The molecule has 0 spiro atoms. The third kappa shape index (κ3) is 8.09. The van der Waals surface area contributed by atoms with Crippen LogP contribution in [-0.2, 0) is 14.2 Å². The number of carbonyl (C=O) groups excluding carboxylic acids is 1. The van der Waals surface area contributed by atoms with Crippen molar-refractivity contribution in [1.82, 2.24) is 14.7 Å². The van der Waals surface area contributed by atoms with Crippen molar-refractivity contribution in [2.45, 2.75) is 52.2 Å². The molecule has 0 atom stereocenters. The van der Waals surface area contributed by atoms with Crippen molar-refractivity contribution in [2.24, 2.45) is 0 Å². The molecule has 7 heteroatoms. The van der Waals surface area contributed by atoms with Crippen molar-refractivity contribution < 1.29 is 19.0 Å². The maximum atomic E-state index is 11.7. The van der Waals surface area contributed by atoms with E-state index >= 15 is 0 Å². The van der Waals surface area contributed by atoms with Crippen molar-refractivity contribution in [3.8, 4) is 0 Å². The van der Waals surface area contributed by atoms with Gasteiger partial charge in [-0.25, -0.2) is 0 Å². The van der Waals surface area contributed by atoms with E-state index in [0.717, 1.165) is 44.6 Å². The number of rotatable bonds is 13. The first kappa shape index (κ1) is 22.0. The van der Waals surface area contributed by atoms with E-state index in [9.17, 15) is 4.79 Å². The maximum Gasteiger partial charge on any atom is 0.165 e. The average Bonchev–Trinajstić information content (AvgIpc) is 3.16. The van der Waals surface area contributed by atoms with Gasteiger partial charge in [0.1, 0.15) is 0 Å². The Hall–Kier alpha value is -1.28. The smallest absolute Gasteiger partial charge is 0.165 e. The summed E-state index contributed by atoms with van der Waals surface area (Å²) in [6.45, 7) is 12.2. The number of piperidine rings is 1. The van der Waals surface area contributed by atoms with Gasteiger partial charge in [-0.1, -0.05) is 6.92 Å². The van der Waals surface area contributed by atoms with Crippen LogP contribution >= 0.6 is 0 Å². The predicted octanol–water partition coefficient (Wildman–Crippen LogP) is 2.57. The van der Waals surface area contributed by atoms with Gasteiger partial charge in [0, 0.05) is 32.3 Å². The van der Waals surface area contributed by atoms with Crippen LogP contribution in [0.5, 0.6) is 0 Å². The minimum Gasteiger partial charge on any atom is -0.378 e. The number of nitrogens with zero attached hydrogens (tertiary/aromatic N) is 3. The van der Waals surface area contributed by atoms with Crippen LogP contribution in [0.4, 0.5) is 0 Å². The molecule has 0 amide bonds. The number of ether oxygens (including phenoxy) is 3. The molecule has 0 radical (unpaired) electrons. The lowest BCUT2D eigenvalue weighted by molar-refractivity contribution is -0.00472. The molecule has 1 saturated heterocycles. The minimum atomic E-state index is 0.160. The average molecular weight is 382 g/mol. The van der Waals surface area contributed by atoms with Crippen LogP contribution in [-0.4, -0.2) is 79.2 Å². The summed E-state index contributed by atoms with van der Waals surface area (Å²) in [5, 5.41) is 4.39. The number of Topliss-reactive ketones (excluding diaryl/α,β-unsaturated/α-hetero) is 1. The lowest BCUT2D eigenvalue weighted by Crippen LogP contribution is -2.37. The first-order chi connectivity index (χ1) is 13.1. The summed E-state index contributed by atoms with van der Waals surface area (Å²) in [5.74, 6) is 0.160. The Morgan fingerprint density at radius 2 is 1.81 bits per heavy atom. The number of likely N-dealkylation sites (tertiary alicyclic amines) is 1. The quantitative estimate of drug-likeness (QED) is 0.386. The number of ketones is 1. The summed E-state index contributed by atoms with van der Waals surface area (Å²) in [4.78, 5) is 14.2. The van der Waals surface area contributed by atoms with Crippen LogP contribution in [0.3, 0.4) is 0 Å². The lowest BCUT2D eigenvalue weighted by Gasteiger charge is -2.31. The molecule has 1 aromatic rings. The van der Waals surface area contributed by atoms with Gasteiger partial charge in [0.25, 0.3) is 0 Å². The topological polar surface area (TPSA) is 65.8 Å². The van der Waals surface area contributed by atoms with E-state index in [1.807, 2.05) is 31.6 Å². The number of hydrogen-bond acceptors (Lipinski definition) is 6. The molecule has 1 fully saturated rings. The highest BCUT2D eigenvalue weighted by Gasteiger charge is 2.21. The standard InChI is InChI=1S/C20H35N3O4/c1-4-20(24)18-15-21-23(16-18)19-5-7-22(8-6-19)9-10-25-11-12-26-13-14-27-17(2)3/h15-17,19H,4-14H2,1-3H3. The van der Waals surface area contributed by atoms with Crippen LogP contribution < -0.4 is 0 Å². The molecule has 154 valence electrons. The highest BCUT2D eigenvalue weighted by molar-refractivity contribution is 5.95. The summed E-state index contributed by atoms with van der Waals surface area (Å²) >= 11 is 0. The largest absolute Gasteiger partial charge is 0.378 e. The summed E-state index contributed by atoms with van der Waals surface area (Å²) in [6, 6.07) is 0.391. The molecule has 27 heavy (non-hydrogen) atoms. The fraction of sp³-hybridized carbons (Fsp3) is 0.800. The Morgan fingerprint density at radius 3 is 2.48 bits per heavy atom. The van der Waals surface area contributed by atoms with E-state index in [0.29, 0.717) is 38.9 Å². The highest BCUT2D eigenvalue weighted by Crippen LogP contribution is 2.22. The normalized spacial score (nSPS) is 16.3. The Balaban J connectivity index is 1.51. The van der Waals surface area contributed by atoms with Gasteiger partial charge in [-0.15, -0.1) is 0 Å². The molecule has 2 rings (SSSR count). The van der Waals surface area contributed by atoms with Gasteiger partial charge in [0.2, 0.25) is 0 Å². The Kier molecular flexibility index (Phi) is 9.97. The fourth-order valence-corrected chi connectivity index (χ4v) is 3.15. The lowest BCUT2D eigenvalue weighted by atomic mass is 10.1. The van der Waals surface area contributed by atoms with Crippen LogP contribution in [0.15, 0.2) is 12.4 Å². The van der Waals surface area contributed by atoms with Gasteiger partial charge < -0.3 is 19.1 Å². The van der Waals surface area contributed by atoms with Gasteiger partial charge in [0.05, 0.1) is 56.9 Å². The molecule has 0 unspecified atom stereocenters. The van der Waals surface area contributed by atoms with E-state index < -0.39 is 0 Å².